The highest BCUT2D eigenvalue weighted by molar-refractivity contribution is 7.92. The number of anilines is 1. The van der Waals surface area contributed by atoms with Crippen LogP contribution in [0.1, 0.15) is 0 Å². The summed E-state index contributed by atoms with van der Waals surface area (Å²) in [6.07, 6.45) is 4.24. The summed E-state index contributed by atoms with van der Waals surface area (Å²) in [6, 6.07) is 7.12. The molecule has 21 heavy (non-hydrogen) atoms. The molecule has 0 fully saturated rings. The zero-order chi connectivity index (χ0) is 15.0. The summed E-state index contributed by atoms with van der Waals surface area (Å²) >= 11 is 0. The molecular formula is C13H13N5O2S. The molecule has 8 heteroatoms. The van der Waals surface area contributed by atoms with E-state index in [1.54, 1.807) is 24.4 Å². The highest BCUT2D eigenvalue weighted by Gasteiger charge is 2.13. The first-order valence-electron chi connectivity index (χ1n) is 6.15. The third kappa shape index (κ3) is 2.57. The van der Waals surface area contributed by atoms with Crippen molar-refractivity contribution in [1.29, 1.82) is 0 Å². The fraction of sp³-hybridized carbons (Fsp3) is 0.154. The molecule has 0 unspecified atom stereocenters. The smallest absolute Gasteiger partial charge is 0.231 e. The van der Waals surface area contributed by atoms with Gasteiger partial charge in [0.1, 0.15) is 17.7 Å². The Kier molecular flexibility index (Phi) is 3.09. The van der Waals surface area contributed by atoms with Crippen molar-refractivity contribution in [3.63, 3.8) is 0 Å². The fourth-order valence-electron chi connectivity index (χ4n) is 1.94. The van der Waals surface area contributed by atoms with E-state index in [0.29, 0.717) is 17.2 Å². The minimum atomic E-state index is -3.30. The molecule has 0 aliphatic rings. The summed E-state index contributed by atoms with van der Waals surface area (Å²) in [4.78, 5) is 15.5. The fourth-order valence-corrected chi connectivity index (χ4v) is 2.44. The summed E-state index contributed by atoms with van der Waals surface area (Å²) in [5.41, 5.74) is 2.65. The molecule has 108 valence electrons. The molecule has 0 spiro atoms. The van der Waals surface area contributed by atoms with E-state index in [9.17, 15) is 8.42 Å². The van der Waals surface area contributed by atoms with Crippen molar-refractivity contribution in [1.82, 2.24) is 19.9 Å². The van der Waals surface area contributed by atoms with Gasteiger partial charge in [-0.05, 0) is 12.1 Å². The van der Waals surface area contributed by atoms with Crippen LogP contribution in [0.3, 0.4) is 0 Å². The second kappa shape index (κ2) is 4.81. The Labute approximate surface area is 121 Å². The van der Waals surface area contributed by atoms with Gasteiger partial charge in [0.2, 0.25) is 10.0 Å². The quantitative estimate of drug-likeness (QED) is 0.790. The molecule has 7 nitrogen and oxygen atoms in total. The van der Waals surface area contributed by atoms with Crippen LogP contribution in [-0.2, 0) is 10.0 Å². The van der Waals surface area contributed by atoms with Gasteiger partial charge < -0.3 is 4.98 Å². The van der Waals surface area contributed by atoms with Crippen LogP contribution in [0, 0.1) is 0 Å². The summed E-state index contributed by atoms with van der Waals surface area (Å²) in [6.45, 7) is 0. The zero-order valence-electron chi connectivity index (χ0n) is 11.5. The van der Waals surface area contributed by atoms with Gasteiger partial charge in [-0.1, -0.05) is 12.1 Å². The highest BCUT2D eigenvalue weighted by atomic mass is 32.2. The summed E-state index contributed by atoms with van der Waals surface area (Å²) < 4.78 is 24.4. The van der Waals surface area contributed by atoms with Crippen LogP contribution in [0.2, 0.25) is 0 Å². The van der Waals surface area contributed by atoms with E-state index in [0.717, 1.165) is 17.3 Å². The van der Waals surface area contributed by atoms with Gasteiger partial charge in [-0.15, -0.1) is 0 Å². The van der Waals surface area contributed by atoms with Crippen molar-refractivity contribution >= 4 is 26.9 Å². The number of benzene rings is 1. The van der Waals surface area contributed by atoms with Gasteiger partial charge in [0.25, 0.3) is 0 Å². The van der Waals surface area contributed by atoms with E-state index < -0.39 is 10.0 Å². The molecule has 0 bridgehead atoms. The number of sulfonamides is 1. The van der Waals surface area contributed by atoms with Crippen molar-refractivity contribution in [2.75, 3.05) is 17.6 Å². The van der Waals surface area contributed by atoms with Gasteiger partial charge in [0.15, 0.2) is 5.65 Å². The Balaban J connectivity index is 2.07. The first-order valence-corrected chi connectivity index (χ1v) is 8.00. The number of fused-ring (bicyclic) bond motifs is 1. The third-order valence-electron chi connectivity index (χ3n) is 3.14. The largest absolute Gasteiger partial charge is 0.335 e. The first kappa shape index (κ1) is 13.5. The predicted octanol–water partition coefficient (Wildman–Crippen LogP) is 1.42. The van der Waals surface area contributed by atoms with Crippen LogP contribution in [0.25, 0.3) is 22.6 Å². The molecule has 3 rings (SSSR count). The molecule has 0 aliphatic heterocycles. The average Bonchev–Trinajstić information content (AvgIpc) is 2.89. The Bertz CT molecular complexity index is 871. The van der Waals surface area contributed by atoms with Crippen LogP contribution >= 0.6 is 0 Å². The topological polar surface area (TPSA) is 91.8 Å². The summed E-state index contributed by atoms with van der Waals surface area (Å²) in [5, 5.41) is 0. The number of nitrogens with zero attached hydrogens (tertiary/aromatic N) is 4. The van der Waals surface area contributed by atoms with Crippen molar-refractivity contribution in [2.24, 2.45) is 0 Å². The lowest BCUT2D eigenvalue weighted by atomic mass is 10.2. The predicted molar refractivity (Wildman–Crippen MR) is 80.4 cm³/mol. The van der Waals surface area contributed by atoms with E-state index in [1.165, 1.54) is 17.7 Å². The first-order chi connectivity index (χ1) is 9.95. The minimum absolute atomic E-state index is 0.571. The molecule has 2 aromatic heterocycles. The second-order valence-electron chi connectivity index (χ2n) is 4.63. The number of hydrogen-bond acceptors (Lipinski definition) is 5. The molecule has 2 heterocycles. The normalized spacial score (nSPS) is 11.7. The Morgan fingerprint density at radius 3 is 2.81 bits per heavy atom. The Morgan fingerprint density at radius 1 is 1.29 bits per heavy atom. The van der Waals surface area contributed by atoms with E-state index in [4.69, 9.17) is 0 Å². The average molecular weight is 303 g/mol. The number of imidazole rings is 1. The highest BCUT2D eigenvalue weighted by Crippen LogP contribution is 2.24. The molecule has 1 N–H and O–H groups in total. The Morgan fingerprint density at radius 2 is 2.10 bits per heavy atom. The number of rotatable bonds is 3. The molecule has 0 saturated carbocycles. The molecule has 0 radical (unpaired) electrons. The van der Waals surface area contributed by atoms with E-state index >= 15 is 0 Å². The van der Waals surface area contributed by atoms with Gasteiger partial charge in [-0.3, -0.25) is 4.31 Å². The lowest BCUT2D eigenvalue weighted by molar-refractivity contribution is 0.600. The molecule has 1 aromatic carbocycles. The maximum absolute atomic E-state index is 11.6. The standard InChI is InChI=1S/C13H13N5O2S/c1-18(21(2,19)20)10-5-3-4-9(6-10)12-16-11-7-14-8-15-13(11)17-12/h3-8H,1-2H3,(H,14,15,16,17). The van der Waals surface area contributed by atoms with Crippen molar-refractivity contribution in [3.8, 4) is 11.4 Å². The number of hydrogen-bond donors (Lipinski definition) is 1. The van der Waals surface area contributed by atoms with E-state index in [-0.39, 0.29) is 0 Å². The Hall–Kier alpha value is -2.48. The van der Waals surface area contributed by atoms with Gasteiger partial charge in [0.05, 0.1) is 18.1 Å². The van der Waals surface area contributed by atoms with Gasteiger partial charge in [0, 0.05) is 12.6 Å². The lowest BCUT2D eigenvalue weighted by Gasteiger charge is -2.16. The molecule has 0 aliphatic carbocycles. The van der Waals surface area contributed by atoms with Crippen LogP contribution in [0.5, 0.6) is 0 Å². The monoisotopic (exact) mass is 303 g/mol. The maximum Gasteiger partial charge on any atom is 0.231 e. The van der Waals surface area contributed by atoms with Crippen molar-refractivity contribution < 1.29 is 8.42 Å². The third-order valence-corrected chi connectivity index (χ3v) is 4.35. The number of nitrogens with one attached hydrogen (secondary N) is 1. The number of aromatic nitrogens is 4. The molecule has 3 aromatic rings. The molecular weight excluding hydrogens is 290 g/mol. The number of aromatic amines is 1. The van der Waals surface area contributed by atoms with E-state index in [1.807, 2.05) is 6.07 Å². The van der Waals surface area contributed by atoms with Crippen molar-refractivity contribution in [3.05, 3.63) is 36.8 Å². The molecule has 0 saturated heterocycles. The SMILES string of the molecule is CN(c1cccc(-c2nc3ncncc3[nH]2)c1)S(C)(=O)=O. The summed E-state index contributed by atoms with van der Waals surface area (Å²) in [5.74, 6) is 0.620. The van der Waals surface area contributed by atoms with Crippen LogP contribution in [0.4, 0.5) is 5.69 Å². The van der Waals surface area contributed by atoms with Crippen LogP contribution in [0.15, 0.2) is 36.8 Å². The molecule has 0 atom stereocenters. The lowest BCUT2D eigenvalue weighted by Crippen LogP contribution is -2.24. The molecule has 0 amide bonds. The minimum Gasteiger partial charge on any atom is -0.335 e. The van der Waals surface area contributed by atoms with Crippen LogP contribution in [-0.4, -0.2) is 41.7 Å². The zero-order valence-corrected chi connectivity index (χ0v) is 12.3. The maximum atomic E-state index is 11.6. The van der Waals surface area contributed by atoms with Crippen LogP contribution < -0.4 is 4.31 Å². The van der Waals surface area contributed by atoms with Crippen molar-refractivity contribution in [2.45, 2.75) is 0 Å². The van der Waals surface area contributed by atoms with Gasteiger partial charge >= 0.3 is 0 Å². The number of H-pyrrole nitrogens is 1. The van der Waals surface area contributed by atoms with E-state index in [2.05, 4.69) is 19.9 Å². The van der Waals surface area contributed by atoms with Gasteiger partial charge in [-0.2, -0.15) is 0 Å². The summed E-state index contributed by atoms with van der Waals surface area (Å²) in [7, 11) is -1.79. The van der Waals surface area contributed by atoms with Gasteiger partial charge in [-0.25, -0.2) is 23.4 Å². The second-order valence-corrected chi connectivity index (χ2v) is 6.64.